The summed E-state index contributed by atoms with van der Waals surface area (Å²) in [5.41, 5.74) is 2.99. The number of nitrogens with one attached hydrogen (secondary N) is 1. The molecule has 0 saturated carbocycles. The number of halogens is 1. The van der Waals surface area contributed by atoms with Crippen LogP contribution in [0.4, 0.5) is 5.69 Å². The fraction of sp³-hybridized carbons (Fsp3) is 0.394. The number of carbonyl (C=O) groups is 2. The van der Waals surface area contributed by atoms with E-state index in [2.05, 4.69) is 19.2 Å². The van der Waals surface area contributed by atoms with Crippen molar-refractivity contribution >= 4 is 39.1 Å². The molecule has 2 atom stereocenters. The average Bonchev–Trinajstić information content (AvgIpc) is 2.96. The molecule has 0 fully saturated rings. The van der Waals surface area contributed by atoms with Gasteiger partial charge in [-0.15, -0.1) is 0 Å². The summed E-state index contributed by atoms with van der Waals surface area (Å²) in [6, 6.07) is 20.0. The van der Waals surface area contributed by atoms with Crippen molar-refractivity contribution in [3.8, 4) is 0 Å². The molecular weight excluding hydrogens is 570 g/mol. The fourth-order valence-electron chi connectivity index (χ4n) is 4.56. The molecule has 0 aromatic heterocycles. The number of benzene rings is 3. The summed E-state index contributed by atoms with van der Waals surface area (Å²) >= 11 is 6.47. The first-order valence-electron chi connectivity index (χ1n) is 14.4. The van der Waals surface area contributed by atoms with Crippen LogP contribution in [0.1, 0.15) is 70.1 Å². The molecular formula is C33H42ClN3O4S. The van der Waals surface area contributed by atoms with Crippen LogP contribution < -0.4 is 9.62 Å². The first-order valence-corrected chi connectivity index (χ1v) is 16.2. The lowest BCUT2D eigenvalue weighted by Gasteiger charge is -2.34. The van der Waals surface area contributed by atoms with Crippen molar-refractivity contribution in [1.29, 1.82) is 0 Å². The normalized spacial score (nSPS) is 13.0. The molecule has 3 aromatic carbocycles. The topological polar surface area (TPSA) is 86.8 Å². The summed E-state index contributed by atoms with van der Waals surface area (Å²) in [5.74, 6) is -0.547. The minimum atomic E-state index is -4.13. The molecule has 0 aliphatic heterocycles. The molecule has 0 radical (unpaired) electrons. The summed E-state index contributed by atoms with van der Waals surface area (Å²) < 4.78 is 29.2. The van der Waals surface area contributed by atoms with Crippen LogP contribution in [0.15, 0.2) is 77.7 Å². The molecule has 0 heterocycles. The number of amides is 2. The third-order valence-electron chi connectivity index (χ3n) is 7.42. The first kappa shape index (κ1) is 33.1. The van der Waals surface area contributed by atoms with Gasteiger partial charge in [0.2, 0.25) is 11.8 Å². The van der Waals surface area contributed by atoms with Gasteiger partial charge in [-0.25, -0.2) is 8.42 Å². The molecule has 42 heavy (non-hydrogen) atoms. The highest BCUT2D eigenvalue weighted by Crippen LogP contribution is 2.27. The van der Waals surface area contributed by atoms with Gasteiger partial charge in [0.1, 0.15) is 12.6 Å². The molecule has 0 bridgehead atoms. The Hall–Kier alpha value is -3.36. The number of anilines is 1. The summed E-state index contributed by atoms with van der Waals surface area (Å²) in [6.45, 7) is 11.3. The van der Waals surface area contributed by atoms with Crippen LogP contribution in [-0.2, 0) is 26.2 Å². The molecule has 0 aliphatic rings. The zero-order valence-electron chi connectivity index (χ0n) is 25.3. The lowest BCUT2D eigenvalue weighted by atomic mass is 10.0. The Bertz CT molecular complexity index is 1460. The Morgan fingerprint density at radius 3 is 2.05 bits per heavy atom. The number of rotatable bonds is 13. The van der Waals surface area contributed by atoms with E-state index in [-0.39, 0.29) is 29.3 Å². The maximum Gasteiger partial charge on any atom is 0.264 e. The molecule has 0 aliphatic carbocycles. The molecule has 1 N–H and O–H groups in total. The second-order valence-electron chi connectivity index (χ2n) is 10.9. The van der Waals surface area contributed by atoms with Crippen LogP contribution in [0, 0.1) is 6.92 Å². The Labute approximate surface area is 255 Å². The van der Waals surface area contributed by atoms with Gasteiger partial charge in [0.05, 0.1) is 10.6 Å². The largest absolute Gasteiger partial charge is 0.352 e. The quantitative estimate of drug-likeness (QED) is 0.233. The average molecular weight is 612 g/mol. The monoisotopic (exact) mass is 611 g/mol. The second-order valence-corrected chi connectivity index (χ2v) is 13.2. The second kappa shape index (κ2) is 14.7. The number of hydrogen-bond acceptors (Lipinski definition) is 4. The Kier molecular flexibility index (Phi) is 11.6. The summed E-state index contributed by atoms with van der Waals surface area (Å²) in [6.07, 6.45) is 1.07. The van der Waals surface area contributed by atoms with Gasteiger partial charge in [0.15, 0.2) is 0 Å². The molecule has 3 aromatic rings. The molecule has 9 heteroatoms. The van der Waals surface area contributed by atoms with Crippen LogP contribution in [0.25, 0.3) is 0 Å². The van der Waals surface area contributed by atoms with Crippen molar-refractivity contribution in [3.63, 3.8) is 0 Å². The minimum absolute atomic E-state index is 0.0512. The number of hydrogen-bond donors (Lipinski definition) is 1. The van der Waals surface area contributed by atoms with Crippen LogP contribution in [0.2, 0.25) is 5.02 Å². The van der Waals surface area contributed by atoms with Crippen molar-refractivity contribution in [2.45, 2.75) is 83.8 Å². The predicted octanol–water partition coefficient (Wildman–Crippen LogP) is 6.69. The lowest BCUT2D eigenvalue weighted by Crippen LogP contribution is -2.53. The molecule has 0 spiro atoms. The maximum atomic E-state index is 14.2. The van der Waals surface area contributed by atoms with Crippen molar-refractivity contribution in [3.05, 3.63) is 94.5 Å². The molecule has 0 unspecified atom stereocenters. The third-order valence-corrected chi connectivity index (χ3v) is 9.58. The minimum Gasteiger partial charge on any atom is -0.352 e. The lowest BCUT2D eigenvalue weighted by molar-refractivity contribution is -0.140. The first-order chi connectivity index (χ1) is 19.9. The van der Waals surface area contributed by atoms with Gasteiger partial charge >= 0.3 is 0 Å². The molecule has 7 nitrogen and oxygen atoms in total. The molecule has 226 valence electrons. The van der Waals surface area contributed by atoms with E-state index in [0.29, 0.717) is 22.7 Å². The summed E-state index contributed by atoms with van der Waals surface area (Å²) in [5, 5.41) is 3.44. The zero-order valence-corrected chi connectivity index (χ0v) is 26.9. The predicted molar refractivity (Wildman–Crippen MR) is 170 cm³/mol. The van der Waals surface area contributed by atoms with Crippen molar-refractivity contribution in [1.82, 2.24) is 10.2 Å². The van der Waals surface area contributed by atoms with Gasteiger partial charge in [0, 0.05) is 17.6 Å². The highest BCUT2D eigenvalue weighted by molar-refractivity contribution is 7.92. The van der Waals surface area contributed by atoms with Gasteiger partial charge in [-0.05, 0) is 74.1 Å². The number of carbonyl (C=O) groups excluding carboxylic acids is 2. The van der Waals surface area contributed by atoms with Crippen molar-refractivity contribution in [2.24, 2.45) is 0 Å². The molecule has 2 amide bonds. The van der Waals surface area contributed by atoms with E-state index in [1.54, 1.807) is 54.6 Å². The highest BCUT2D eigenvalue weighted by Gasteiger charge is 2.34. The number of sulfonamides is 1. The SMILES string of the molecule is CC[C@@H](C)NC(=O)[C@H](CC)N(Cc1ccccc1Cl)C(=O)CN(c1ccc(C(C)C)cc1)S(=O)(=O)c1ccc(C)cc1. The highest BCUT2D eigenvalue weighted by atomic mass is 35.5. The Balaban J connectivity index is 2.08. The van der Waals surface area contributed by atoms with Gasteiger partial charge in [-0.3, -0.25) is 13.9 Å². The smallest absolute Gasteiger partial charge is 0.264 e. The van der Waals surface area contributed by atoms with E-state index in [9.17, 15) is 18.0 Å². The van der Waals surface area contributed by atoms with Crippen molar-refractivity contribution in [2.75, 3.05) is 10.8 Å². The standard InChI is InChI=1S/C33H42ClN3O4S/c1-7-25(6)35-33(39)31(8-2)36(21-27-11-9-10-12-30(27)34)32(38)22-37(28-17-15-26(16-18-28)23(3)4)42(40,41)29-19-13-24(5)14-20-29/h9-20,23,25,31H,7-8,21-22H2,1-6H3,(H,35,39)/t25-,31+/m1/s1. The zero-order chi connectivity index (χ0) is 31.0. The van der Waals surface area contributed by atoms with E-state index in [4.69, 9.17) is 11.6 Å². The van der Waals surface area contributed by atoms with E-state index < -0.39 is 28.5 Å². The van der Waals surface area contributed by atoms with Gasteiger partial charge < -0.3 is 10.2 Å². The number of nitrogens with zero attached hydrogens (tertiary/aromatic N) is 2. The molecule has 0 saturated heterocycles. The van der Waals surface area contributed by atoms with Crippen LogP contribution >= 0.6 is 11.6 Å². The van der Waals surface area contributed by atoms with Crippen LogP contribution in [0.5, 0.6) is 0 Å². The van der Waals surface area contributed by atoms with E-state index in [0.717, 1.165) is 21.9 Å². The third kappa shape index (κ3) is 8.13. The summed E-state index contributed by atoms with van der Waals surface area (Å²) in [4.78, 5) is 29.1. The number of aryl methyl sites for hydroxylation is 1. The van der Waals surface area contributed by atoms with Crippen molar-refractivity contribution < 1.29 is 18.0 Å². The van der Waals surface area contributed by atoms with Crippen LogP contribution in [-0.4, -0.2) is 43.8 Å². The van der Waals surface area contributed by atoms with Gasteiger partial charge in [-0.1, -0.05) is 87.3 Å². The van der Waals surface area contributed by atoms with E-state index >= 15 is 0 Å². The van der Waals surface area contributed by atoms with Crippen LogP contribution in [0.3, 0.4) is 0 Å². The van der Waals surface area contributed by atoms with E-state index in [1.807, 2.05) is 45.9 Å². The van der Waals surface area contributed by atoms with Gasteiger partial charge in [0.25, 0.3) is 10.0 Å². The molecule has 3 rings (SSSR count). The Morgan fingerprint density at radius 2 is 1.50 bits per heavy atom. The van der Waals surface area contributed by atoms with Gasteiger partial charge in [-0.2, -0.15) is 0 Å². The summed E-state index contributed by atoms with van der Waals surface area (Å²) in [7, 11) is -4.13. The Morgan fingerprint density at radius 1 is 0.881 bits per heavy atom. The van der Waals surface area contributed by atoms with E-state index in [1.165, 1.54) is 4.90 Å². The fourth-order valence-corrected chi connectivity index (χ4v) is 6.17. The maximum absolute atomic E-state index is 14.2.